The molecule has 1 saturated heterocycles. The molecule has 2 unspecified atom stereocenters. The van der Waals surface area contributed by atoms with Crippen molar-refractivity contribution in [2.45, 2.75) is 12.5 Å². The third kappa shape index (κ3) is 2.17. The van der Waals surface area contributed by atoms with Gasteiger partial charge in [-0.1, -0.05) is 12.1 Å². The number of pyridine rings is 1. The van der Waals surface area contributed by atoms with Crippen LogP contribution in [-0.4, -0.2) is 21.6 Å². The molecule has 1 N–H and O–H groups in total. The Morgan fingerprint density at radius 2 is 2.29 bits per heavy atom. The van der Waals surface area contributed by atoms with Crippen LogP contribution < -0.4 is 0 Å². The first kappa shape index (κ1) is 11.1. The Hall–Kier alpha value is -1.06. The van der Waals surface area contributed by atoms with Gasteiger partial charge in [-0.15, -0.1) is 0 Å². The predicted octanol–water partition coefficient (Wildman–Crippen LogP) is 3.02. The second-order valence-corrected chi connectivity index (χ2v) is 5.67. The quantitative estimate of drug-likeness (QED) is 0.883. The van der Waals surface area contributed by atoms with E-state index in [1.807, 2.05) is 36.0 Å². The number of aliphatic hydroxyl groups is 1. The Kier molecular flexibility index (Phi) is 3.04. The van der Waals surface area contributed by atoms with Crippen molar-refractivity contribution in [2.75, 3.05) is 11.5 Å². The van der Waals surface area contributed by atoms with Crippen LogP contribution in [0.4, 0.5) is 0 Å². The van der Waals surface area contributed by atoms with E-state index in [9.17, 15) is 5.11 Å². The maximum atomic E-state index is 10.3. The Morgan fingerprint density at radius 3 is 3.12 bits per heavy atom. The van der Waals surface area contributed by atoms with Gasteiger partial charge < -0.3 is 5.11 Å². The number of fused-ring (bicyclic) bond motifs is 1. The van der Waals surface area contributed by atoms with Gasteiger partial charge in [-0.05, 0) is 47.6 Å². The molecule has 1 aliphatic heterocycles. The summed E-state index contributed by atoms with van der Waals surface area (Å²) in [7, 11) is 0. The van der Waals surface area contributed by atoms with E-state index in [1.165, 1.54) is 5.75 Å². The minimum absolute atomic E-state index is 0.324. The first-order chi connectivity index (χ1) is 8.34. The topological polar surface area (TPSA) is 33.1 Å². The summed E-state index contributed by atoms with van der Waals surface area (Å²) in [5, 5.41) is 11.5. The van der Waals surface area contributed by atoms with E-state index in [0.717, 1.165) is 28.6 Å². The fourth-order valence-electron chi connectivity index (χ4n) is 2.35. The largest absolute Gasteiger partial charge is 0.388 e. The third-order valence-corrected chi connectivity index (χ3v) is 4.57. The van der Waals surface area contributed by atoms with E-state index >= 15 is 0 Å². The van der Waals surface area contributed by atoms with Gasteiger partial charge in [-0.25, -0.2) is 0 Å². The molecule has 3 rings (SSSR count). The number of hydrogen-bond donors (Lipinski definition) is 1. The Labute approximate surface area is 105 Å². The van der Waals surface area contributed by atoms with Gasteiger partial charge in [-0.3, -0.25) is 4.98 Å². The van der Waals surface area contributed by atoms with Gasteiger partial charge in [0.25, 0.3) is 0 Å². The minimum atomic E-state index is -0.324. The number of hydrogen-bond acceptors (Lipinski definition) is 3. The van der Waals surface area contributed by atoms with Crippen LogP contribution in [0.15, 0.2) is 36.5 Å². The number of nitrogens with zero attached hydrogens (tertiary/aromatic N) is 1. The van der Waals surface area contributed by atoms with Crippen molar-refractivity contribution < 1.29 is 5.11 Å². The molecule has 0 amide bonds. The molecule has 1 aromatic heterocycles. The van der Waals surface area contributed by atoms with E-state index in [0.29, 0.717) is 5.92 Å². The van der Waals surface area contributed by atoms with E-state index in [1.54, 1.807) is 6.20 Å². The van der Waals surface area contributed by atoms with Crippen LogP contribution in [0.25, 0.3) is 10.9 Å². The van der Waals surface area contributed by atoms with Gasteiger partial charge in [0.1, 0.15) is 0 Å². The van der Waals surface area contributed by atoms with Gasteiger partial charge in [0.15, 0.2) is 0 Å². The lowest BCUT2D eigenvalue weighted by Crippen LogP contribution is -2.11. The lowest BCUT2D eigenvalue weighted by Gasteiger charge is -2.17. The van der Waals surface area contributed by atoms with Crippen molar-refractivity contribution in [3.8, 4) is 0 Å². The van der Waals surface area contributed by atoms with Crippen LogP contribution in [0.2, 0.25) is 0 Å². The van der Waals surface area contributed by atoms with Gasteiger partial charge >= 0.3 is 0 Å². The lowest BCUT2D eigenvalue weighted by molar-refractivity contribution is 0.121. The summed E-state index contributed by atoms with van der Waals surface area (Å²) in [6, 6.07) is 10.0. The van der Waals surface area contributed by atoms with Crippen molar-refractivity contribution >= 4 is 22.7 Å². The van der Waals surface area contributed by atoms with Crippen molar-refractivity contribution in [1.29, 1.82) is 0 Å². The standard InChI is InChI=1S/C14H15NOS/c16-14(12-5-7-17-9-12)11-3-4-13-10(8-11)2-1-6-15-13/h1-4,6,8,12,14,16H,5,7,9H2. The number of aromatic nitrogens is 1. The lowest BCUT2D eigenvalue weighted by atomic mass is 9.94. The average molecular weight is 245 g/mol. The van der Waals surface area contributed by atoms with Crippen LogP contribution in [0.3, 0.4) is 0 Å². The maximum Gasteiger partial charge on any atom is 0.0826 e. The summed E-state index contributed by atoms with van der Waals surface area (Å²) in [5.41, 5.74) is 2.02. The zero-order chi connectivity index (χ0) is 11.7. The molecule has 1 aliphatic rings. The first-order valence-electron chi connectivity index (χ1n) is 5.95. The van der Waals surface area contributed by atoms with Gasteiger partial charge in [0.2, 0.25) is 0 Å². The molecule has 0 aliphatic carbocycles. The molecule has 0 bridgehead atoms. The number of thioether (sulfide) groups is 1. The summed E-state index contributed by atoms with van der Waals surface area (Å²) < 4.78 is 0. The molecule has 0 saturated carbocycles. The molecular formula is C14H15NOS. The molecule has 3 heteroatoms. The third-order valence-electron chi connectivity index (χ3n) is 3.38. The number of rotatable bonds is 2. The van der Waals surface area contributed by atoms with E-state index < -0.39 is 0 Å². The smallest absolute Gasteiger partial charge is 0.0826 e. The van der Waals surface area contributed by atoms with Crippen molar-refractivity contribution in [3.63, 3.8) is 0 Å². The zero-order valence-electron chi connectivity index (χ0n) is 9.54. The molecule has 2 aromatic rings. The second kappa shape index (κ2) is 4.67. The summed E-state index contributed by atoms with van der Waals surface area (Å²) in [6.45, 7) is 0. The summed E-state index contributed by atoms with van der Waals surface area (Å²) in [4.78, 5) is 4.29. The highest BCUT2D eigenvalue weighted by Crippen LogP contribution is 2.34. The highest BCUT2D eigenvalue weighted by atomic mass is 32.2. The fourth-order valence-corrected chi connectivity index (χ4v) is 3.64. The molecule has 88 valence electrons. The maximum absolute atomic E-state index is 10.3. The molecule has 17 heavy (non-hydrogen) atoms. The Balaban J connectivity index is 1.94. The van der Waals surface area contributed by atoms with Crippen LogP contribution in [0, 0.1) is 5.92 Å². The minimum Gasteiger partial charge on any atom is -0.388 e. The number of aliphatic hydroxyl groups excluding tert-OH is 1. The van der Waals surface area contributed by atoms with E-state index in [2.05, 4.69) is 11.1 Å². The first-order valence-corrected chi connectivity index (χ1v) is 7.10. The molecule has 1 fully saturated rings. The summed E-state index contributed by atoms with van der Waals surface area (Å²) >= 11 is 1.94. The summed E-state index contributed by atoms with van der Waals surface area (Å²) in [5.74, 6) is 2.66. The van der Waals surface area contributed by atoms with E-state index in [-0.39, 0.29) is 6.10 Å². The van der Waals surface area contributed by atoms with Crippen LogP contribution in [-0.2, 0) is 0 Å². The molecule has 0 spiro atoms. The highest BCUT2D eigenvalue weighted by molar-refractivity contribution is 7.99. The molecule has 1 aromatic carbocycles. The van der Waals surface area contributed by atoms with Crippen molar-refractivity contribution in [1.82, 2.24) is 4.98 Å². The molecule has 2 nitrogen and oxygen atoms in total. The Morgan fingerprint density at radius 1 is 1.35 bits per heavy atom. The number of benzene rings is 1. The fraction of sp³-hybridized carbons (Fsp3) is 0.357. The van der Waals surface area contributed by atoms with Crippen molar-refractivity contribution in [2.24, 2.45) is 5.92 Å². The zero-order valence-corrected chi connectivity index (χ0v) is 10.4. The van der Waals surface area contributed by atoms with Gasteiger partial charge in [0, 0.05) is 11.6 Å². The monoisotopic (exact) mass is 245 g/mol. The van der Waals surface area contributed by atoms with Gasteiger partial charge in [-0.2, -0.15) is 11.8 Å². The van der Waals surface area contributed by atoms with Crippen molar-refractivity contribution in [3.05, 3.63) is 42.1 Å². The normalized spacial score (nSPS) is 21.8. The molecule has 2 heterocycles. The van der Waals surface area contributed by atoms with Crippen LogP contribution in [0.5, 0.6) is 0 Å². The Bertz CT molecular complexity index is 522. The summed E-state index contributed by atoms with van der Waals surface area (Å²) in [6.07, 6.45) is 2.60. The predicted molar refractivity (Wildman–Crippen MR) is 72.1 cm³/mol. The second-order valence-electron chi connectivity index (χ2n) is 4.52. The molecule has 0 radical (unpaired) electrons. The molecule has 2 atom stereocenters. The van der Waals surface area contributed by atoms with Crippen LogP contribution in [0.1, 0.15) is 18.1 Å². The average Bonchev–Trinajstić information content (AvgIpc) is 2.91. The molecular weight excluding hydrogens is 230 g/mol. The van der Waals surface area contributed by atoms with E-state index in [4.69, 9.17) is 0 Å². The highest BCUT2D eigenvalue weighted by Gasteiger charge is 2.24. The van der Waals surface area contributed by atoms with Crippen LogP contribution >= 0.6 is 11.8 Å². The SMILES string of the molecule is OC(c1ccc2ncccc2c1)C1CCSC1. The van der Waals surface area contributed by atoms with Gasteiger partial charge in [0.05, 0.1) is 11.6 Å².